The van der Waals surface area contributed by atoms with Crippen molar-refractivity contribution in [1.29, 1.82) is 0 Å². The quantitative estimate of drug-likeness (QED) is 0.0305. The number of allylic oxidation sites excluding steroid dienone is 4. The Hall–Kier alpha value is -2.19. The number of carbonyl (C=O) groups excluding carboxylic acids is 2. The Morgan fingerprint density at radius 3 is 1.67 bits per heavy atom. The van der Waals surface area contributed by atoms with E-state index in [0.717, 1.165) is 51.4 Å². The number of quaternary nitrogens is 1. The molecule has 2 atom stereocenters. The van der Waals surface area contributed by atoms with Crippen molar-refractivity contribution in [3.8, 4) is 0 Å². The van der Waals surface area contributed by atoms with Crippen LogP contribution in [0.1, 0.15) is 168 Å². The monoisotopic (exact) mass is 695 g/mol. The number of carboxylic acid groups (broad SMARTS) is 1. The number of hydrogen-bond donors (Lipinski definition) is 1. The van der Waals surface area contributed by atoms with E-state index >= 15 is 0 Å². The lowest BCUT2D eigenvalue weighted by molar-refractivity contribution is -0.887. The van der Waals surface area contributed by atoms with Crippen LogP contribution in [0.15, 0.2) is 24.3 Å². The van der Waals surface area contributed by atoms with Crippen molar-refractivity contribution in [2.45, 2.75) is 180 Å². The minimum absolute atomic E-state index is 0.0543. The van der Waals surface area contributed by atoms with Crippen LogP contribution < -0.4 is 0 Å². The number of ether oxygens (including phenoxy) is 3. The number of rotatable bonds is 35. The highest BCUT2D eigenvalue weighted by atomic mass is 16.6. The molecule has 49 heavy (non-hydrogen) atoms. The molecule has 0 fully saturated rings. The molecule has 0 aromatic rings. The van der Waals surface area contributed by atoms with Gasteiger partial charge in [0, 0.05) is 19.3 Å². The number of likely N-dealkylation sites (N-methyl/N-ethyl adjacent to an activating group) is 1. The number of esters is 2. The molecule has 0 heterocycles. The van der Waals surface area contributed by atoms with Crippen molar-refractivity contribution in [2.24, 2.45) is 0 Å². The molecule has 0 rings (SSSR count). The summed E-state index contributed by atoms with van der Waals surface area (Å²) in [5.74, 6) is -1.51. The molecule has 0 aliphatic carbocycles. The zero-order chi connectivity index (χ0) is 36.4. The fourth-order valence-corrected chi connectivity index (χ4v) is 5.78. The van der Waals surface area contributed by atoms with Crippen molar-refractivity contribution < 1.29 is 38.2 Å². The van der Waals surface area contributed by atoms with Crippen LogP contribution in [0.5, 0.6) is 0 Å². The standard InChI is InChI=1S/C41H75NO7/c1-6-8-10-12-14-16-17-18-19-20-21-22-24-26-28-30-32-40(44)49-37(35-47-34-33-38(41(45)46)42(3,4)5)36-48-39(43)31-29-27-25-23-15-13-11-9-7-2/h9,11,15,23,37-38H,6-8,10,12-14,16-22,24-36H2,1-5H3/p+1/b11-9+,23-15+. The fourth-order valence-electron chi connectivity index (χ4n) is 5.78. The van der Waals surface area contributed by atoms with Crippen LogP contribution in [0.4, 0.5) is 0 Å². The molecule has 0 bridgehead atoms. The lowest BCUT2D eigenvalue weighted by Gasteiger charge is -2.31. The van der Waals surface area contributed by atoms with Gasteiger partial charge in [0.05, 0.1) is 34.4 Å². The first-order chi connectivity index (χ1) is 23.6. The average Bonchev–Trinajstić information content (AvgIpc) is 3.05. The zero-order valence-corrected chi connectivity index (χ0v) is 32.4. The van der Waals surface area contributed by atoms with E-state index in [0.29, 0.717) is 19.3 Å². The Morgan fingerprint density at radius 2 is 1.14 bits per heavy atom. The molecule has 0 aliphatic rings. The third-order valence-electron chi connectivity index (χ3n) is 8.87. The highest BCUT2D eigenvalue weighted by molar-refractivity contribution is 5.72. The number of carbonyl (C=O) groups is 3. The number of aliphatic carboxylic acids is 1. The third kappa shape index (κ3) is 31.5. The Balaban J connectivity index is 4.36. The molecule has 0 aromatic heterocycles. The molecule has 0 amide bonds. The Labute approximate surface area is 301 Å². The van der Waals surface area contributed by atoms with Crippen molar-refractivity contribution in [1.82, 2.24) is 0 Å². The van der Waals surface area contributed by atoms with E-state index in [-0.39, 0.29) is 36.2 Å². The van der Waals surface area contributed by atoms with Crippen molar-refractivity contribution in [2.75, 3.05) is 41.0 Å². The molecule has 2 unspecified atom stereocenters. The van der Waals surface area contributed by atoms with Crippen LogP contribution in [0.3, 0.4) is 0 Å². The molecule has 0 radical (unpaired) electrons. The molecular formula is C41H76NO7+. The molecule has 0 saturated heterocycles. The molecule has 286 valence electrons. The maximum absolute atomic E-state index is 12.7. The zero-order valence-electron chi connectivity index (χ0n) is 32.4. The van der Waals surface area contributed by atoms with Crippen LogP contribution in [0.25, 0.3) is 0 Å². The van der Waals surface area contributed by atoms with E-state index < -0.39 is 18.1 Å². The van der Waals surface area contributed by atoms with Crippen LogP contribution in [-0.2, 0) is 28.6 Å². The van der Waals surface area contributed by atoms with Gasteiger partial charge in [-0.2, -0.15) is 0 Å². The van der Waals surface area contributed by atoms with E-state index in [1.165, 1.54) is 83.5 Å². The van der Waals surface area contributed by atoms with Gasteiger partial charge in [-0.05, 0) is 38.5 Å². The Morgan fingerprint density at radius 1 is 0.633 bits per heavy atom. The van der Waals surface area contributed by atoms with Crippen LogP contribution in [0, 0.1) is 0 Å². The second-order valence-corrected chi connectivity index (χ2v) is 14.5. The average molecular weight is 695 g/mol. The van der Waals surface area contributed by atoms with E-state index in [4.69, 9.17) is 14.2 Å². The highest BCUT2D eigenvalue weighted by Crippen LogP contribution is 2.15. The van der Waals surface area contributed by atoms with Crippen LogP contribution in [0.2, 0.25) is 0 Å². The number of carboxylic acids is 1. The van der Waals surface area contributed by atoms with Gasteiger partial charge in [0.2, 0.25) is 0 Å². The van der Waals surface area contributed by atoms with E-state index in [1.807, 2.05) is 21.1 Å². The van der Waals surface area contributed by atoms with E-state index in [9.17, 15) is 19.5 Å². The summed E-state index contributed by atoms with van der Waals surface area (Å²) < 4.78 is 17.2. The first kappa shape index (κ1) is 46.8. The predicted molar refractivity (Wildman–Crippen MR) is 202 cm³/mol. The van der Waals surface area contributed by atoms with Crippen LogP contribution in [-0.4, -0.2) is 80.6 Å². The van der Waals surface area contributed by atoms with E-state index in [2.05, 4.69) is 38.2 Å². The summed E-state index contributed by atoms with van der Waals surface area (Å²) in [5.41, 5.74) is 0. The smallest absolute Gasteiger partial charge is 0.362 e. The molecule has 0 saturated carbocycles. The summed E-state index contributed by atoms with van der Waals surface area (Å²) in [6.45, 7) is 4.58. The first-order valence-corrected chi connectivity index (χ1v) is 19.9. The molecule has 1 N–H and O–H groups in total. The van der Waals surface area contributed by atoms with Gasteiger partial charge in [-0.15, -0.1) is 0 Å². The lowest BCUT2D eigenvalue weighted by atomic mass is 10.0. The number of unbranched alkanes of at least 4 members (excludes halogenated alkanes) is 17. The second kappa shape index (κ2) is 33.0. The van der Waals surface area contributed by atoms with E-state index in [1.54, 1.807) is 0 Å². The summed E-state index contributed by atoms with van der Waals surface area (Å²) in [6.07, 6.45) is 33.8. The van der Waals surface area contributed by atoms with Gasteiger partial charge in [0.25, 0.3) is 0 Å². The largest absolute Gasteiger partial charge is 0.477 e. The Bertz CT molecular complexity index is 864. The molecule has 0 spiro atoms. The van der Waals surface area contributed by atoms with Gasteiger partial charge in [0.15, 0.2) is 12.1 Å². The summed E-state index contributed by atoms with van der Waals surface area (Å²) in [5, 5.41) is 9.58. The molecule has 8 nitrogen and oxygen atoms in total. The predicted octanol–water partition coefficient (Wildman–Crippen LogP) is 10.1. The molecule has 0 aliphatic heterocycles. The summed E-state index contributed by atoms with van der Waals surface area (Å²) in [6, 6.07) is -0.614. The van der Waals surface area contributed by atoms with Gasteiger partial charge >= 0.3 is 17.9 Å². The minimum Gasteiger partial charge on any atom is -0.477 e. The molecule has 8 heteroatoms. The molecule has 0 aromatic carbocycles. The van der Waals surface area contributed by atoms with Crippen molar-refractivity contribution in [3.05, 3.63) is 24.3 Å². The maximum atomic E-state index is 12.7. The summed E-state index contributed by atoms with van der Waals surface area (Å²) in [4.78, 5) is 36.7. The topological polar surface area (TPSA) is 99.1 Å². The molecular weight excluding hydrogens is 618 g/mol. The SMILES string of the molecule is CC/C=C/C/C=C/CCCCC(=O)OCC(COCCC(C(=O)O)[N+](C)(C)C)OC(=O)CCCCCCCCCCCCCCCCCC. The minimum atomic E-state index is -0.879. The van der Waals surface area contributed by atoms with Crippen molar-refractivity contribution in [3.63, 3.8) is 0 Å². The lowest BCUT2D eigenvalue weighted by Crippen LogP contribution is -2.50. The summed E-state index contributed by atoms with van der Waals surface area (Å²) >= 11 is 0. The fraction of sp³-hybridized carbons (Fsp3) is 0.829. The number of hydrogen-bond acceptors (Lipinski definition) is 6. The van der Waals surface area contributed by atoms with Gasteiger partial charge in [-0.3, -0.25) is 9.59 Å². The number of nitrogens with zero attached hydrogens (tertiary/aromatic N) is 1. The van der Waals surface area contributed by atoms with Gasteiger partial charge in [-0.1, -0.05) is 134 Å². The van der Waals surface area contributed by atoms with Crippen LogP contribution >= 0.6 is 0 Å². The third-order valence-corrected chi connectivity index (χ3v) is 8.87. The van der Waals surface area contributed by atoms with Crippen molar-refractivity contribution >= 4 is 17.9 Å². The highest BCUT2D eigenvalue weighted by Gasteiger charge is 2.31. The first-order valence-electron chi connectivity index (χ1n) is 19.9. The normalized spacial score (nSPS) is 13.2. The summed E-state index contributed by atoms with van der Waals surface area (Å²) in [7, 11) is 5.51. The Kier molecular flexibility index (Phi) is 31.5. The maximum Gasteiger partial charge on any atom is 0.362 e. The van der Waals surface area contributed by atoms with Gasteiger partial charge in [-0.25, -0.2) is 4.79 Å². The second-order valence-electron chi connectivity index (χ2n) is 14.5. The van der Waals surface area contributed by atoms with Gasteiger partial charge in [0.1, 0.15) is 6.61 Å². The van der Waals surface area contributed by atoms with Gasteiger partial charge < -0.3 is 23.8 Å².